The largest absolute Gasteiger partial charge is 0.493 e. The summed E-state index contributed by atoms with van der Waals surface area (Å²) in [6, 6.07) is 4.07. The fraction of sp³-hybridized carbons (Fsp3) is 0.600. The van der Waals surface area contributed by atoms with Gasteiger partial charge >= 0.3 is 0 Å². The summed E-state index contributed by atoms with van der Waals surface area (Å²) in [5.41, 5.74) is 7.10. The van der Waals surface area contributed by atoms with E-state index in [0.717, 1.165) is 22.3 Å². The average Bonchev–Trinajstić information content (AvgIpc) is 2.39. The minimum absolute atomic E-state index is 0.145. The highest BCUT2D eigenvalue weighted by Gasteiger charge is 2.21. The zero-order valence-electron chi connectivity index (χ0n) is 12.9. The number of halogens is 1. The summed E-state index contributed by atoms with van der Waals surface area (Å²) in [6.07, 6.45) is 0. The highest BCUT2D eigenvalue weighted by atomic mass is 79.9. The quantitative estimate of drug-likeness (QED) is 0.825. The van der Waals surface area contributed by atoms with Crippen LogP contribution in [0.3, 0.4) is 0 Å². The number of benzene rings is 1. The van der Waals surface area contributed by atoms with Crippen molar-refractivity contribution in [3.8, 4) is 11.5 Å². The molecule has 0 fully saturated rings. The lowest BCUT2D eigenvalue weighted by Crippen LogP contribution is -2.33. The van der Waals surface area contributed by atoms with Gasteiger partial charge in [-0.1, -0.05) is 29.8 Å². The van der Waals surface area contributed by atoms with E-state index < -0.39 is 0 Å². The van der Waals surface area contributed by atoms with Gasteiger partial charge in [-0.25, -0.2) is 0 Å². The van der Waals surface area contributed by atoms with Gasteiger partial charge in [0.1, 0.15) is 0 Å². The van der Waals surface area contributed by atoms with Gasteiger partial charge in [-0.05, 0) is 30.7 Å². The Hall–Kier alpha value is -0.780. The maximum absolute atomic E-state index is 5.98. The fourth-order valence-electron chi connectivity index (χ4n) is 2.37. The minimum Gasteiger partial charge on any atom is -0.493 e. The lowest BCUT2D eigenvalue weighted by atomic mass is 10.0. The maximum atomic E-state index is 5.98. The number of nitrogens with zero attached hydrogens (tertiary/aromatic N) is 1. The van der Waals surface area contributed by atoms with Crippen molar-refractivity contribution in [2.24, 2.45) is 11.7 Å². The van der Waals surface area contributed by atoms with Gasteiger partial charge in [0.2, 0.25) is 0 Å². The van der Waals surface area contributed by atoms with E-state index in [9.17, 15) is 0 Å². The standard InChI is InChI=1S/C15H25BrN2O2/c1-10(2)9-18(3)13(8-17)11-6-14(19-4)15(20-5)7-12(11)16/h6-7,10,13H,8-9,17H2,1-5H3. The van der Waals surface area contributed by atoms with Crippen molar-refractivity contribution in [3.05, 3.63) is 22.2 Å². The Kier molecular flexibility index (Phi) is 6.79. The smallest absolute Gasteiger partial charge is 0.161 e. The third-order valence-corrected chi connectivity index (χ3v) is 3.96. The van der Waals surface area contributed by atoms with E-state index in [1.54, 1.807) is 14.2 Å². The normalized spacial score (nSPS) is 12.8. The number of hydrogen-bond donors (Lipinski definition) is 1. The topological polar surface area (TPSA) is 47.7 Å². The Labute approximate surface area is 130 Å². The summed E-state index contributed by atoms with van der Waals surface area (Å²) in [4.78, 5) is 2.27. The first-order chi connectivity index (χ1) is 9.44. The molecule has 2 N–H and O–H groups in total. The van der Waals surface area contributed by atoms with Crippen molar-refractivity contribution in [1.82, 2.24) is 4.90 Å². The van der Waals surface area contributed by atoms with Gasteiger partial charge in [-0.15, -0.1) is 0 Å². The summed E-state index contributed by atoms with van der Waals surface area (Å²) < 4.78 is 11.7. The van der Waals surface area contributed by atoms with Crippen molar-refractivity contribution in [2.75, 3.05) is 34.4 Å². The second kappa shape index (κ2) is 7.86. The first kappa shape index (κ1) is 17.3. The summed E-state index contributed by atoms with van der Waals surface area (Å²) in [5, 5.41) is 0. The van der Waals surface area contributed by atoms with Crippen LogP contribution < -0.4 is 15.2 Å². The molecule has 0 aromatic heterocycles. The number of rotatable bonds is 7. The summed E-state index contributed by atoms with van der Waals surface area (Å²) in [7, 11) is 5.38. The Morgan fingerprint density at radius 3 is 2.20 bits per heavy atom. The Morgan fingerprint density at radius 1 is 1.20 bits per heavy atom. The van der Waals surface area contributed by atoms with Crippen LogP contribution in [0.1, 0.15) is 25.5 Å². The Bertz CT molecular complexity index is 438. The average molecular weight is 345 g/mol. The lowest BCUT2D eigenvalue weighted by Gasteiger charge is -2.30. The third kappa shape index (κ3) is 4.11. The van der Waals surface area contributed by atoms with E-state index in [1.165, 1.54) is 0 Å². The minimum atomic E-state index is 0.145. The Balaban J connectivity index is 3.14. The highest BCUT2D eigenvalue weighted by Crippen LogP contribution is 2.37. The molecule has 0 aliphatic heterocycles. The predicted octanol–water partition coefficient (Wildman–Crippen LogP) is 3.05. The van der Waals surface area contributed by atoms with Crippen molar-refractivity contribution < 1.29 is 9.47 Å². The third-order valence-electron chi connectivity index (χ3n) is 3.27. The van der Waals surface area contributed by atoms with Crippen LogP contribution in [0.5, 0.6) is 11.5 Å². The molecule has 0 spiro atoms. The fourth-order valence-corrected chi connectivity index (χ4v) is 2.96. The van der Waals surface area contributed by atoms with Crippen LogP contribution >= 0.6 is 15.9 Å². The number of likely N-dealkylation sites (N-methyl/N-ethyl adjacent to an activating group) is 1. The molecule has 0 heterocycles. The number of methoxy groups -OCH3 is 2. The van der Waals surface area contributed by atoms with E-state index in [4.69, 9.17) is 15.2 Å². The molecule has 0 saturated heterocycles. The molecule has 0 aliphatic carbocycles. The second-order valence-corrected chi connectivity index (χ2v) is 6.17. The molecule has 1 unspecified atom stereocenters. The number of hydrogen-bond acceptors (Lipinski definition) is 4. The van der Waals surface area contributed by atoms with Crippen LogP contribution in [0.4, 0.5) is 0 Å². The van der Waals surface area contributed by atoms with Crippen LogP contribution in [0, 0.1) is 5.92 Å². The predicted molar refractivity (Wildman–Crippen MR) is 86.5 cm³/mol. The van der Waals surface area contributed by atoms with E-state index in [1.807, 2.05) is 12.1 Å². The summed E-state index contributed by atoms with van der Waals surface area (Å²) in [6.45, 7) is 5.95. The van der Waals surface area contributed by atoms with Crippen molar-refractivity contribution in [2.45, 2.75) is 19.9 Å². The molecule has 114 valence electrons. The van der Waals surface area contributed by atoms with Gasteiger partial charge in [-0.3, -0.25) is 4.90 Å². The van der Waals surface area contributed by atoms with Gasteiger partial charge in [0.25, 0.3) is 0 Å². The van der Waals surface area contributed by atoms with Gasteiger partial charge in [-0.2, -0.15) is 0 Å². The van der Waals surface area contributed by atoms with Crippen LogP contribution in [0.15, 0.2) is 16.6 Å². The van der Waals surface area contributed by atoms with Gasteiger partial charge < -0.3 is 15.2 Å². The summed E-state index contributed by atoms with van der Waals surface area (Å²) in [5.74, 6) is 2.03. The molecule has 1 atom stereocenters. The van der Waals surface area contributed by atoms with Gasteiger partial charge in [0.15, 0.2) is 11.5 Å². The van der Waals surface area contributed by atoms with Crippen LogP contribution in [0.2, 0.25) is 0 Å². The molecule has 0 saturated carbocycles. The maximum Gasteiger partial charge on any atom is 0.161 e. The number of ether oxygens (including phenoxy) is 2. The SMILES string of the molecule is COc1cc(Br)c(C(CN)N(C)CC(C)C)cc1OC. The van der Waals surface area contributed by atoms with Crippen molar-refractivity contribution in [1.29, 1.82) is 0 Å². The molecular weight excluding hydrogens is 320 g/mol. The molecule has 20 heavy (non-hydrogen) atoms. The zero-order chi connectivity index (χ0) is 15.3. The monoisotopic (exact) mass is 344 g/mol. The van der Waals surface area contributed by atoms with Crippen LogP contribution in [0.25, 0.3) is 0 Å². The second-order valence-electron chi connectivity index (χ2n) is 5.31. The molecular formula is C15H25BrN2O2. The van der Waals surface area contributed by atoms with Crippen LogP contribution in [-0.2, 0) is 0 Å². The van der Waals surface area contributed by atoms with E-state index in [2.05, 4.69) is 41.7 Å². The molecule has 0 radical (unpaired) electrons. The van der Waals surface area contributed by atoms with E-state index in [-0.39, 0.29) is 6.04 Å². The molecule has 1 aromatic carbocycles. The van der Waals surface area contributed by atoms with Crippen molar-refractivity contribution >= 4 is 15.9 Å². The number of nitrogens with two attached hydrogens (primary N) is 1. The molecule has 0 bridgehead atoms. The van der Waals surface area contributed by atoms with E-state index in [0.29, 0.717) is 18.2 Å². The van der Waals surface area contributed by atoms with Crippen molar-refractivity contribution in [3.63, 3.8) is 0 Å². The summed E-state index contributed by atoms with van der Waals surface area (Å²) >= 11 is 3.61. The zero-order valence-corrected chi connectivity index (χ0v) is 14.5. The molecule has 0 aliphatic rings. The molecule has 0 amide bonds. The highest BCUT2D eigenvalue weighted by molar-refractivity contribution is 9.10. The molecule has 1 rings (SSSR count). The Morgan fingerprint density at radius 2 is 1.75 bits per heavy atom. The lowest BCUT2D eigenvalue weighted by molar-refractivity contribution is 0.222. The first-order valence-electron chi connectivity index (χ1n) is 6.76. The molecule has 5 heteroatoms. The molecule has 1 aromatic rings. The first-order valence-corrected chi connectivity index (χ1v) is 7.55. The van der Waals surface area contributed by atoms with Crippen LogP contribution in [-0.4, -0.2) is 39.3 Å². The van der Waals surface area contributed by atoms with Gasteiger partial charge in [0.05, 0.1) is 14.2 Å². The van der Waals surface area contributed by atoms with Gasteiger partial charge in [0, 0.05) is 23.6 Å². The van der Waals surface area contributed by atoms with E-state index >= 15 is 0 Å². The molecule has 4 nitrogen and oxygen atoms in total.